The molecule has 2 aromatic rings. The quantitative estimate of drug-likeness (QED) is 0.806. The van der Waals surface area contributed by atoms with Gasteiger partial charge in [0.25, 0.3) is 0 Å². The first-order chi connectivity index (χ1) is 8.95. The number of hydrogen-bond donors (Lipinski definition) is 0. The number of rotatable bonds is 3. The van der Waals surface area contributed by atoms with Gasteiger partial charge >= 0.3 is 0 Å². The summed E-state index contributed by atoms with van der Waals surface area (Å²) in [6.07, 6.45) is 2.95. The normalized spacial score (nSPS) is 11.9. The highest BCUT2D eigenvalue weighted by Gasteiger charge is 2.05. The van der Waals surface area contributed by atoms with Crippen molar-refractivity contribution in [3.8, 4) is 0 Å². The molecule has 4 heteroatoms. The fourth-order valence-corrected chi connectivity index (χ4v) is 2.21. The summed E-state index contributed by atoms with van der Waals surface area (Å²) in [6.45, 7) is 2.03. The number of sulfone groups is 1. The van der Waals surface area contributed by atoms with Crippen LogP contribution >= 0.6 is 0 Å². The Kier molecular flexibility index (Phi) is 3.81. The van der Waals surface area contributed by atoms with Crippen LogP contribution in [-0.2, 0) is 9.84 Å². The van der Waals surface area contributed by atoms with Gasteiger partial charge < -0.3 is 0 Å². The smallest absolute Gasteiger partial charge is 0.175 e. The minimum Gasteiger partial charge on any atom is -0.256 e. The summed E-state index contributed by atoms with van der Waals surface area (Å²) in [7, 11) is -3.14. The second-order valence-electron chi connectivity index (χ2n) is 4.43. The molecule has 0 saturated heterocycles. The maximum atomic E-state index is 11.3. The fourth-order valence-electron chi connectivity index (χ4n) is 1.58. The molecule has 0 aliphatic carbocycles. The van der Waals surface area contributed by atoms with E-state index in [0.717, 1.165) is 11.3 Å². The van der Waals surface area contributed by atoms with Gasteiger partial charge in [0.05, 0.1) is 10.6 Å². The molecule has 98 valence electrons. The van der Waals surface area contributed by atoms with Crippen molar-refractivity contribution in [3.05, 3.63) is 59.7 Å². The summed E-state index contributed by atoms with van der Waals surface area (Å²) in [6, 6.07) is 14.5. The summed E-state index contributed by atoms with van der Waals surface area (Å²) in [4.78, 5) is 4.62. The van der Waals surface area contributed by atoms with E-state index in [1.807, 2.05) is 31.2 Å². The second-order valence-corrected chi connectivity index (χ2v) is 6.45. The largest absolute Gasteiger partial charge is 0.256 e. The molecule has 19 heavy (non-hydrogen) atoms. The minimum absolute atomic E-state index is 0.307. The van der Waals surface area contributed by atoms with E-state index in [-0.39, 0.29) is 0 Å². The van der Waals surface area contributed by atoms with Crippen molar-refractivity contribution >= 4 is 21.7 Å². The molecule has 0 aliphatic heterocycles. The number of aliphatic imine (C=N–C) groups is 1. The molecule has 2 aromatic carbocycles. The van der Waals surface area contributed by atoms with Crippen molar-refractivity contribution < 1.29 is 8.42 Å². The van der Waals surface area contributed by atoms with E-state index in [0.29, 0.717) is 4.90 Å². The van der Waals surface area contributed by atoms with E-state index in [1.54, 1.807) is 30.5 Å². The zero-order chi connectivity index (χ0) is 13.9. The monoisotopic (exact) mass is 273 g/mol. The summed E-state index contributed by atoms with van der Waals surface area (Å²) >= 11 is 0. The van der Waals surface area contributed by atoms with Crippen LogP contribution in [0, 0.1) is 6.92 Å². The van der Waals surface area contributed by atoms with E-state index in [1.165, 1.54) is 11.8 Å². The van der Waals surface area contributed by atoms with E-state index in [2.05, 4.69) is 4.99 Å². The number of benzene rings is 2. The Morgan fingerprint density at radius 1 is 0.947 bits per heavy atom. The lowest BCUT2D eigenvalue weighted by molar-refractivity contribution is 0.602. The Morgan fingerprint density at radius 2 is 1.53 bits per heavy atom. The van der Waals surface area contributed by atoms with Gasteiger partial charge in [0.2, 0.25) is 0 Å². The standard InChI is InChI=1S/C15H15NO2S/c1-12-3-5-13(6-4-12)11-16-14-7-9-15(10-8-14)19(2,17)18/h3-11H,1-2H3/b16-11+. The summed E-state index contributed by atoms with van der Waals surface area (Å²) in [5.41, 5.74) is 2.94. The molecule has 3 nitrogen and oxygen atoms in total. The molecule has 0 amide bonds. The first-order valence-corrected chi connectivity index (χ1v) is 7.75. The highest BCUT2D eigenvalue weighted by Crippen LogP contribution is 2.16. The molecule has 0 spiro atoms. The number of aryl methyl sites for hydroxylation is 1. The minimum atomic E-state index is -3.14. The van der Waals surface area contributed by atoms with Gasteiger partial charge in [-0.15, -0.1) is 0 Å². The van der Waals surface area contributed by atoms with Crippen LogP contribution in [0.3, 0.4) is 0 Å². The molecule has 0 radical (unpaired) electrons. The molecule has 0 unspecified atom stereocenters. The van der Waals surface area contributed by atoms with Crippen LogP contribution in [-0.4, -0.2) is 20.9 Å². The van der Waals surface area contributed by atoms with Gasteiger partial charge in [-0.2, -0.15) is 0 Å². The van der Waals surface area contributed by atoms with Crippen LogP contribution in [0.2, 0.25) is 0 Å². The molecule has 0 bridgehead atoms. The van der Waals surface area contributed by atoms with Crippen LogP contribution < -0.4 is 0 Å². The SMILES string of the molecule is Cc1ccc(/C=N/c2ccc(S(C)(=O)=O)cc2)cc1. The van der Waals surface area contributed by atoms with Crippen molar-refractivity contribution in [1.82, 2.24) is 0 Å². The van der Waals surface area contributed by atoms with Gasteiger partial charge in [-0.25, -0.2) is 8.42 Å². The number of hydrogen-bond acceptors (Lipinski definition) is 3. The van der Waals surface area contributed by atoms with Crippen LogP contribution in [0.4, 0.5) is 5.69 Å². The Bertz CT molecular complexity index is 684. The van der Waals surface area contributed by atoms with Gasteiger partial charge in [0.15, 0.2) is 9.84 Å². The molecular formula is C15H15NO2S. The van der Waals surface area contributed by atoms with Crippen LogP contribution in [0.25, 0.3) is 0 Å². The third kappa shape index (κ3) is 3.76. The summed E-state index contributed by atoms with van der Waals surface area (Å²) < 4.78 is 22.6. The lowest BCUT2D eigenvalue weighted by atomic mass is 10.2. The van der Waals surface area contributed by atoms with Gasteiger partial charge in [0, 0.05) is 12.5 Å². The van der Waals surface area contributed by atoms with Crippen LogP contribution in [0.1, 0.15) is 11.1 Å². The molecule has 2 rings (SSSR count). The lowest BCUT2D eigenvalue weighted by Gasteiger charge is -1.99. The maximum Gasteiger partial charge on any atom is 0.175 e. The van der Waals surface area contributed by atoms with Crippen molar-refractivity contribution in [2.45, 2.75) is 11.8 Å². The summed E-state index contributed by atoms with van der Waals surface area (Å²) in [5, 5.41) is 0. The second kappa shape index (κ2) is 5.36. The first kappa shape index (κ1) is 13.5. The van der Waals surface area contributed by atoms with Crippen LogP contribution in [0.5, 0.6) is 0 Å². The Balaban J connectivity index is 2.18. The van der Waals surface area contributed by atoms with E-state index >= 15 is 0 Å². The van der Waals surface area contributed by atoms with Gasteiger partial charge in [-0.1, -0.05) is 29.8 Å². The average Bonchev–Trinajstić information content (AvgIpc) is 2.37. The van der Waals surface area contributed by atoms with Crippen molar-refractivity contribution in [3.63, 3.8) is 0 Å². The Morgan fingerprint density at radius 3 is 2.05 bits per heavy atom. The van der Waals surface area contributed by atoms with Crippen molar-refractivity contribution in [1.29, 1.82) is 0 Å². The van der Waals surface area contributed by atoms with Crippen molar-refractivity contribution in [2.75, 3.05) is 6.26 Å². The maximum absolute atomic E-state index is 11.3. The van der Waals surface area contributed by atoms with Gasteiger partial charge in [0.1, 0.15) is 0 Å². The zero-order valence-corrected chi connectivity index (χ0v) is 11.7. The molecule has 0 saturated carbocycles. The van der Waals surface area contributed by atoms with Crippen LogP contribution in [0.15, 0.2) is 58.4 Å². The highest BCUT2D eigenvalue weighted by molar-refractivity contribution is 7.90. The molecule has 0 fully saturated rings. The number of nitrogens with zero attached hydrogens (tertiary/aromatic N) is 1. The van der Waals surface area contributed by atoms with E-state index in [9.17, 15) is 8.42 Å². The molecule has 0 heterocycles. The third-order valence-electron chi connectivity index (χ3n) is 2.70. The van der Waals surface area contributed by atoms with E-state index in [4.69, 9.17) is 0 Å². The highest BCUT2D eigenvalue weighted by atomic mass is 32.2. The predicted molar refractivity (Wildman–Crippen MR) is 78.0 cm³/mol. The zero-order valence-electron chi connectivity index (χ0n) is 10.9. The Labute approximate surface area is 113 Å². The van der Waals surface area contributed by atoms with Crippen molar-refractivity contribution in [2.24, 2.45) is 4.99 Å². The molecular weight excluding hydrogens is 258 g/mol. The topological polar surface area (TPSA) is 46.5 Å². The molecule has 0 atom stereocenters. The third-order valence-corrected chi connectivity index (χ3v) is 3.83. The predicted octanol–water partition coefficient (Wildman–Crippen LogP) is 3.15. The molecule has 0 aromatic heterocycles. The summed E-state index contributed by atoms with van der Waals surface area (Å²) in [5.74, 6) is 0. The van der Waals surface area contributed by atoms with E-state index < -0.39 is 9.84 Å². The molecule has 0 N–H and O–H groups in total. The van der Waals surface area contributed by atoms with Gasteiger partial charge in [-0.3, -0.25) is 4.99 Å². The first-order valence-electron chi connectivity index (χ1n) is 5.86. The van der Waals surface area contributed by atoms with Gasteiger partial charge in [-0.05, 0) is 36.8 Å². The lowest BCUT2D eigenvalue weighted by Crippen LogP contribution is -1.95. The molecule has 0 aliphatic rings. The Hall–Kier alpha value is -1.94. The fraction of sp³-hybridized carbons (Fsp3) is 0.133. The average molecular weight is 273 g/mol.